The zero-order chi connectivity index (χ0) is 12.6. The van der Waals surface area contributed by atoms with Gasteiger partial charge in [-0.05, 0) is 37.2 Å². The smallest absolute Gasteiger partial charge is 0.250 e. The van der Waals surface area contributed by atoms with Gasteiger partial charge in [-0.1, -0.05) is 38.4 Å². The Morgan fingerprint density at radius 1 is 1.19 bits per heavy atom. The van der Waals surface area contributed by atoms with Crippen molar-refractivity contribution in [2.24, 2.45) is 0 Å². The summed E-state index contributed by atoms with van der Waals surface area (Å²) in [7, 11) is -1.76. The van der Waals surface area contributed by atoms with Crippen molar-refractivity contribution in [1.29, 1.82) is 0 Å². The van der Waals surface area contributed by atoms with E-state index in [0.29, 0.717) is 0 Å². The molecule has 1 rings (SSSR count). The SMILES string of the molecule is Cc1c(Cl)cccc1O[Si](C)(C)C(C)(C)C. The van der Waals surface area contributed by atoms with E-state index in [1.54, 1.807) is 0 Å². The Morgan fingerprint density at radius 3 is 2.25 bits per heavy atom. The molecule has 0 spiro atoms. The summed E-state index contributed by atoms with van der Waals surface area (Å²) >= 11 is 6.09. The summed E-state index contributed by atoms with van der Waals surface area (Å²) < 4.78 is 6.23. The lowest BCUT2D eigenvalue weighted by atomic mass is 10.2. The minimum absolute atomic E-state index is 0.210. The Hall–Kier alpha value is -0.473. The van der Waals surface area contributed by atoms with Crippen molar-refractivity contribution in [1.82, 2.24) is 0 Å². The molecule has 0 fully saturated rings. The van der Waals surface area contributed by atoms with Gasteiger partial charge in [-0.3, -0.25) is 0 Å². The predicted octanol–water partition coefficient (Wildman–Crippen LogP) is 5.03. The van der Waals surface area contributed by atoms with Gasteiger partial charge in [-0.2, -0.15) is 0 Å². The highest BCUT2D eigenvalue weighted by atomic mass is 35.5. The molecule has 0 aromatic heterocycles. The fourth-order valence-corrected chi connectivity index (χ4v) is 2.37. The van der Waals surface area contributed by atoms with E-state index in [9.17, 15) is 0 Å². The van der Waals surface area contributed by atoms with Gasteiger partial charge >= 0.3 is 0 Å². The minimum atomic E-state index is -1.76. The van der Waals surface area contributed by atoms with Gasteiger partial charge < -0.3 is 4.43 Å². The van der Waals surface area contributed by atoms with E-state index in [1.807, 2.05) is 25.1 Å². The fraction of sp³-hybridized carbons (Fsp3) is 0.538. The third kappa shape index (κ3) is 2.80. The van der Waals surface area contributed by atoms with Crippen LogP contribution in [0.25, 0.3) is 0 Å². The fourth-order valence-electron chi connectivity index (χ4n) is 1.13. The van der Waals surface area contributed by atoms with Crippen LogP contribution in [-0.4, -0.2) is 8.32 Å². The molecule has 0 saturated heterocycles. The van der Waals surface area contributed by atoms with E-state index >= 15 is 0 Å². The van der Waals surface area contributed by atoms with Gasteiger partial charge in [0.25, 0.3) is 0 Å². The van der Waals surface area contributed by atoms with Crippen LogP contribution in [0.3, 0.4) is 0 Å². The molecule has 0 aliphatic carbocycles. The number of halogens is 1. The lowest BCUT2D eigenvalue weighted by Crippen LogP contribution is -2.44. The molecule has 0 saturated carbocycles. The van der Waals surface area contributed by atoms with Crippen LogP contribution in [0.5, 0.6) is 5.75 Å². The molecule has 0 aliphatic heterocycles. The lowest BCUT2D eigenvalue weighted by Gasteiger charge is -2.37. The number of rotatable bonds is 2. The van der Waals surface area contributed by atoms with Crippen molar-refractivity contribution in [3.05, 3.63) is 28.8 Å². The summed E-state index contributed by atoms with van der Waals surface area (Å²) in [4.78, 5) is 0. The van der Waals surface area contributed by atoms with Crippen LogP contribution >= 0.6 is 11.6 Å². The second kappa shape index (κ2) is 4.42. The average Bonchev–Trinajstić information content (AvgIpc) is 2.11. The van der Waals surface area contributed by atoms with Gasteiger partial charge in [0.05, 0.1) is 0 Å². The third-order valence-corrected chi connectivity index (χ3v) is 8.14. The van der Waals surface area contributed by atoms with E-state index in [4.69, 9.17) is 16.0 Å². The van der Waals surface area contributed by atoms with Gasteiger partial charge in [0, 0.05) is 10.6 Å². The Morgan fingerprint density at radius 2 is 1.75 bits per heavy atom. The molecule has 0 heterocycles. The van der Waals surface area contributed by atoms with Crippen molar-refractivity contribution in [2.75, 3.05) is 0 Å². The first-order chi connectivity index (χ1) is 7.15. The second-order valence-corrected chi connectivity index (χ2v) is 10.9. The first kappa shape index (κ1) is 13.6. The number of hydrogen-bond donors (Lipinski definition) is 0. The molecule has 0 amide bonds. The Kier molecular flexibility index (Phi) is 3.75. The number of hydrogen-bond acceptors (Lipinski definition) is 1. The largest absolute Gasteiger partial charge is 0.543 e. The molecule has 0 atom stereocenters. The minimum Gasteiger partial charge on any atom is -0.543 e. The summed E-state index contributed by atoms with van der Waals surface area (Å²) in [5.41, 5.74) is 1.04. The average molecular weight is 257 g/mol. The monoisotopic (exact) mass is 256 g/mol. The van der Waals surface area contributed by atoms with Crippen molar-refractivity contribution in [3.63, 3.8) is 0 Å². The molecule has 1 aromatic carbocycles. The lowest BCUT2D eigenvalue weighted by molar-refractivity contribution is 0.489. The van der Waals surface area contributed by atoms with Gasteiger partial charge in [-0.25, -0.2) is 0 Å². The highest BCUT2D eigenvalue weighted by molar-refractivity contribution is 6.74. The van der Waals surface area contributed by atoms with E-state index in [-0.39, 0.29) is 5.04 Å². The highest BCUT2D eigenvalue weighted by Crippen LogP contribution is 2.38. The van der Waals surface area contributed by atoms with Gasteiger partial charge in [0.15, 0.2) is 0 Å². The van der Waals surface area contributed by atoms with Crippen LogP contribution in [0.4, 0.5) is 0 Å². The summed E-state index contributed by atoms with van der Waals surface area (Å²) in [6, 6.07) is 5.84. The van der Waals surface area contributed by atoms with E-state index < -0.39 is 8.32 Å². The van der Waals surface area contributed by atoms with Crippen molar-refractivity contribution in [2.45, 2.75) is 45.8 Å². The zero-order valence-corrected chi connectivity index (χ0v) is 12.8. The maximum absolute atomic E-state index is 6.23. The Bertz CT molecular complexity index is 380. The summed E-state index contributed by atoms with van der Waals surface area (Å²) in [6.45, 7) is 13.2. The molecule has 16 heavy (non-hydrogen) atoms. The standard InChI is InChI=1S/C13H21ClOSi/c1-10-11(14)8-7-9-12(10)15-16(5,6)13(2,3)4/h7-9H,1-6H3. The summed E-state index contributed by atoms with van der Waals surface area (Å²) in [6.07, 6.45) is 0. The Balaban J connectivity index is 3.02. The van der Waals surface area contributed by atoms with Crippen LogP contribution in [0.1, 0.15) is 26.3 Å². The van der Waals surface area contributed by atoms with E-state index in [2.05, 4.69) is 33.9 Å². The molecular weight excluding hydrogens is 236 g/mol. The molecule has 3 heteroatoms. The predicted molar refractivity (Wildman–Crippen MR) is 74.0 cm³/mol. The maximum atomic E-state index is 6.23. The number of benzene rings is 1. The molecular formula is C13H21ClOSi. The summed E-state index contributed by atoms with van der Waals surface area (Å²) in [5.74, 6) is 0.930. The first-order valence-electron chi connectivity index (χ1n) is 5.59. The molecule has 1 aromatic rings. The van der Waals surface area contributed by atoms with Crippen molar-refractivity contribution in [3.8, 4) is 5.75 Å². The molecule has 0 N–H and O–H groups in total. The van der Waals surface area contributed by atoms with Crippen LogP contribution in [0.2, 0.25) is 23.2 Å². The van der Waals surface area contributed by atoms with Gasteiger partial charge in [-0.15, -0.1) is 0 Å². The van der Waals surface area contributed by atoms with Crippen LogP contribution in [-0.2, 0) is 0 Å². The van der Waals surface area contributed by atoms with Crippen LogP contribution < -0.4 is 4.43 Å². The highest BCUT2D eigenvalue weighted by Gasteiger charge is 2.39. The first-order valence-corrected chi connectivity index (χ1v) is 8.88. The maximum Gasteiger partial charge on any atom is 0.250 e. The van der Waals surface area contributed by atoms with Gasteiger partial charge in [0.1, 0.15) is 5.75 Å². The van der Waals surface area contributed by atoms with Crippen LogP contribution in [0, 0.1) is 6.92 Å². The summed E-state index contributed by atoms with van der Waals surface area (Å²) in [5, 5.41) is 0.984. The van der Waals surface area contributed by atoms with Crippen LogP contribution in [0.15, 0.2) is 18.2 Å². The van der Waals surface area contributed by atoms with Crippen molar-refractivity contribution >= 4 is 19.9 Å². The molecule has 0 bridgehead atoms. The molecule has 0 aliphatic rings. The zero-order valence-electron chi connectivity index (χ0n) is 11.0. The molecule has 90 valence electrons. The quantitative estimate of drug-likeness (QED) is 0.674. The topological polar surface area (TPSA) is 9.23 Å². The van der Waals surface area contributed by atoms with E-state index in [0.717, 1.165) is 16.3 Å². The molecule has 0 unspecified atom stereocenters. The normalized spacial score (nSPS) is 12.7. The third-order valence-electron chi connectivity index (χ3n) is 3.39. The second-order valence-electron chi connectivity index (χ2n) is 5.73. The van der Waals surface area contributed by atoms with Crippen molar-refractivity contribution < 1.29 is 4.43 Å². The van der Waals surface area contributed by atoms with Gasteiger partial charge in [0.2, 0.25) is 8.32 Å². The Labute approximate surface area is 105 Å². The molecule has 1 nitrogen and oxygen atoms in total. The molecule has 0 radical (unpaired) electrons. The van der Waals surface area contributed by atoms with E-state index in [1.165, 1.54) is 0 Å².